The third-order valence-electron chi connectivity index (χ3n) is 5.77. The van der Waals surface area contributed by atoms with Gasteiger partial charge in [-0.15, -0.1) is 0 Å². The van der Waals surface area contributed by atoms with Crippen LogP contribution in [0.25, 0.3) is 11.2 Å². The second kappa shape index (κ2) is 11.3. The Hall–Kier alpha value is -2.84. The lowest BCUT2D eigenvalue weighted by Crippen LogP contribution is -2.33. The molecule has 1 fully saturated rings. The van der Waals surface area contributed by atoms with Crippen molar-refractivity contribution in [2.24, 2.45) is 0 Å². The van der Waals surface area contributed by atoms with Crippen molar-refractivity contribution in [3.8, 4) is 0 Å². The Morgan fingerprint density at radius 1 is 1.20 bits per heavy atom. The van der Waals surface area contributed by atoms with E-state index < -0.39 is 36.1 Å². The van der Waals surface area contributed by atoms with E-state index in [9.17, 15) is 25.4 Å². The molecule has 12 nitrogen and oxygen atoms in total. The SMILES string of the molecule is CCCCCNc1nc(SCc2ccc([N+](=O)[O-])cc2)c2ncn([C@@H]3O[C@H](CO)[C@@H](O)[C@H]3O)c2n1. The number of imidazole rings is 1. The molecular weight excluding hydrogens is 476 g/mol. The van der Waals surface area contributed by atoms with Gasteiger partial charge >= 0.3 is 0 Å². The molecule has 0 spiro atoms. The fourth-order valence-electron chi connectivity index (χ4n) is 3.81. The third-order valence-corrected chi connectivity index (χ3v) is 6.80. The zero-order valence-corrected chi connectivity index (χ0v) is 20.0. The number of ether oxygens (including phenoxy) is 1. The van der Waals surface area contributed by atoms with Gasteiger partial charge in [-0.3, -0.25) is 14.7 Å². The maximum absolute atomic E-state index is 10.9. The summed E-state index contributed by atoms with van der Waals surface area (Å²) in [5.74, 6) is 0.897. The molecule has 3 aromatic rings. The smallest absolute Gasteiger partial charge is 0.269 e. The minimum Gasteiger partial charge on any atom is -0.394 e. The molecule has 1 aromatic carbocycles. The van der Waals surface area contributed by atoms with Crippen LogP contribution in [0.5, 0.6) is 0 Å². The lowest BCUT2D eigenvalue weighted by Gasteiger charge is -2.17. The summed E-state index contributed by atoms with van der Waals surface area (Å²) in [6, 6.07) is 6.32. The van der Waals surface area contributed by atoms with E-state index in [-0.39, 0.29) is 5.69 Å². The lowest BCUT2D eigenvalue weighted by atomic mass is 10.1. The first-order valence-corrected chi connectivity index (χ1v) is 12.4. The van der Waals surface area contributed by atoms with Gasteiger partial charge < -0.3 is 25.4 Å². The molecule has 4 N–H and O–H groups in total. The van der Waals surface area contributed by atoms with E-state index in [1.165, 1.54) is 34.8 Å². The predicted octanol–water partition coefficient (Wildman–Crippen LogP) is 2.24. The summed E-state index contributed by atoms with van der Waals surface area (Å²) < 4.78 is 7.21. The van der Waals surface area contributed by atoms with Crippen LogP contribution in [-0.2, 0) is 10.5 Å². The van der Waals surface area contributed by atoms with Gasteiger partial charge in [0.25, 0.3) is 5.69 Å². The number of nitrogens with zero attached hydrogens (tertiary/aromatic N) is 5. The fraction of sp³-hybridized carbons (Fsp3) is 0.500. The van der Waals surface area contributed by atoms with E-state index in [1.54, 1.807) is 12.1 Å². The standard InChI is InChI=1S/C22H28N6O6S/c1-2-3-4-9-23-22-25-19-16(24-12-27(19)21-18(31)17(30)15(10-29)34-21)20(26-22)35-11-13-5-7-14(8-6-13)28(32)33/h5-8,12,15,17-18,21,29-31H,2-4,9-11H2,1H3,(H,23,25,26)/t15-,17-,18-,21-/m1/s1. The number of nitro benzene ring substituents is 1. The molecule has 13 heteroatoms. The first-order valence-electron chi connectivity index (χ1n) is 11.4. The van der Waals surface area contributed by atoms with Crippen LogP contribution >= 0.6 is 11.8 Å². The van der Waals surface area contributed by atoms with E-state index >= 15 is 0 Å². The van der Waals surface area contributed by atoms with Crippen LogP contribution in [0, 0.1) is 10.1 Å². The molecule has 35 heavy (non-hydrogen) atoms. The van der Waals surface area contributed by atoms with Crippen LogP contribution in [0.3, 0.4) is 0 Å². The number of unbranched alkanes of at least 4 members (excludes halogenated alkanes) is 2. The molecule has 1 aliphatic rings. The van der Waals surface area contributed by atoms with Crippen LogP contribution in [0.2, 0.25) is 0 Å². The van der Waals surface area contributed by atoms with Crippen LogP contribution < -0.4 is 5.32 Å². The van der Waals surface area contributed by atoms with Gasteiger partial charge in [-0.25, -0.2) is 9.97 Å². The molecule has 3 heterocycles. The molecule has 188 valence electrons. The number of nitrogens with one attached hydrogen (secondary N) is 1. The number of aromatic nitrogens is 4. The molecule has 0 bridgehead atoms. The quantitative estimate of drug-likeness (QED) is 0.0993. The van der Waals surface area contributed by atoms with Crippen LogP contribution in [0.1, 0.15) is 38.0 Å². The van der Waals surface area contributed by atoms with E-state index in [0.717, 1.165) is 24.8 Å². The average Bonchev–Trinajstić information content (AvgIpc) is 3.41. The minimum atomic E-state index is -1.27. The molecular formula is C22H28N6O6S. The monoisotopic (exact) mass is 504 g/mol. The first-order chi connectivity index (χ1) is 16.9. The predicted molar refractivity (Wildman–Crippen MR) is 129 cm³/mol. The van der Waals surface area contributed by atoms with Gasteiger partial charge in [-0.1, -0.05) is 43.7 Å². The molecule has 0 aliphatic carbocycles. The van der Waals surface area contributed by atoms with Gasteiger partial charge in [0.2, 0.25) is 5.95 Å². The molecule has 1 aliphatic heterocycles. The van der Waals surface area contributed by atoms with E-state index in [0.29, 0.717) is 34.4 Å². The second-order valence-corrected chi connectivity index (χ2v) is 9.22. The number of aliphatic hydroxyl groups excluding tert-OH is 3. The number of hydrogen-bond donors (Lipinski definition) is 4. The molecule has 4 atom stereocenters. The Labute approximate surface area is 205 Å². The zero-order valence-electron chi connectivity index (χ0n) is 19.1. The summed E-state index contributed by atoms with van der Waals surface area (Å²) >= 11 is 1.41. The number of nitro groups is 1. The van der Waals surface area contributed by atoms with Crippen molar-refractivity contribution in [1.82, 2.24) is 19.5 Å². The van der Waals surface area contributed by atoms with Gasteiger partial charge in [0.15, 0.2) is 11.9 Å². The Morgan fingerprint density at radius 3 is 2.63 bits per heavy atom. The van der Waals surface area contributed by atoms with Gasteiger partial charge in [0.1, 0.15) is 28.9 Å². The molecule has 1 saturated heterocycles. The van der Waals surface area contributed by atoms with Crippen molar-refractivity contribution in [2.75, 3.05) is 18.5 Å². The Balaban J connectivity index is 1.63. The molecule has 0 amide bonds. The topological polar surface area (TPSA) is 169 Å². The number of rotatable bonds is 11. The van der Waals surface area contributed by atoms with Crippen LogP contribution in [0.4, 0.5) is 11.6 Å². The van der Waals surface area contributed by atoms with Crippen LogP contribution in [0.15, 0.2) is 35.6 Å². The third kappa shape index (κ3) is 5.54. The molecule has 0 saturated carbocycles. The summed E-state index contributed by atoms with van der Waals surface area (Å²) in [6.45, 7) is 2.37. The summed E-state index contributed by atoms with van der Waals surface area (Å²) in [6.07, 6.45) is 0.171. The zero-order chi connectivity index (χ0) is 24.9. The van der Waals surface area contributed by atoms with Gasteiger partial charge in [-0.2, -0.15) is 4.98 Å². The summed E-state index contributed by atoms with van der Waals surface area (Å²) in [4.78, 5) is 24.1. The molecule has 2 aromatic heterocycles. The maximum Gasteiger partial charge on any atom is 0.269 e. The number of fused-ring (bicyclic) bond motifs is 1. The first kappa shape index (κ1) is 25.3. The lowest BCUT2D eigenvalue weighted by molar-refractivity contribution is -0.384. The highest BCUT2D eigenvalue weighted by Gasteiger charge is 2.44. The maximum atomic E-state index is 10.9. The van der Waals surface area contributed by atoms with Crippen molar-refractivity contribution in [3.63, 3.8) is 0 Å². The summed E-state index contributed by atoms with van der Waals surface area (Å²) in [5, 5.41) is 44.8. The largest absolute Gasteiger partial charge is 0.394 e. The highest BCUT2D eigenvalue weighted by atomic mass is 32.2. The average molecular weight is 505 g/mol. The summed E-state index contributed by atoms with van der Waals surface area (Å²) in [7, 11) is 0. The Kier molecular flexibility index (Phi) is 8.13. The number of thioether (sulfide) groups is 1. The molecule has 0 radical (unpaired) electrons. The number of non-ortho nitro benzene ring substituents is 1. The van der Waals surface area contributed by atoms with E-state index in [2.05, 4.69) is 27.2 Å². The van der Waals surface area contributed by atoms with Crippen molar-refractivity contribution in [1.29, 1.82) is 0 Å². The number of hydrogen-bond acceptors (Lipinski definition) is 11. The van der Waals surface area contributed by atoms with Crippen LogP contribution in [-0.4, -0.2) is 71.2 Å². The molecule has 4 rings (SSSR count). The highest BCUT2D eigenvalue weighted by Crippen LogP contribution is 2.34. The second-order valence-electron chi connectivity index (χ2n) is 8.25. The Morgan fingerprint density at radius 2 is 1.97 bits per heavy atom. The van der Waals surface area contributed by atoms with Gasteiger partial charge in [0, 0.05) is 24.4 Å². The van der Waals surface area contributed by atoms with Crippen molar-refractivity contribution in [2.45, 2.75) is 61.5 Å². The number of anilines is 1. The minimum absolute atomic E-state index is 0.0268. The normalized spacial score (nSPS) is 22.1. The number of aliphatic hydroxyl groups is 3. The highest BCUT2D eigenvalue weighted by molar-refractivity contribution is 7.98. The molecule has 0 unspecified atom stereocenters. The van der Waals surface area contributed by atoms with E-state index in [4.69, 9.17) is 4.74 Å². The van der Waals surface area contributed by atoms with E-state index in [1.807, 2.05) is 0 Å². The van der Waals surface area contributed by atoms with Gasteiger partial charge in [0.05, 0.1) is 17.9 Å². The van der Waals surface area contributed by atoms with Crippen molar-refractivity contribution in [3.05, 3.63) is 46.3 Å². The number of benzene rings is 1. The fourth-order valence-corrected chi connectivity index (χ4v) is 4.73. The Bertz CT molecular complexity index is 1160. The van der Waals surface area contributed by atoms with Gasteiger partial charge in [-0.05, 0) is 12.0 Å². The summed E-state index contributed by atoms with van der Waals surface area (Å²) in [5.41, 5.74) is 1.82. The van der Waals surface area contributed by atoms with Crippen molar-refractivity contribution >= 4 is 34.6 Å². The van der Waals surface area contributed by atoms with Crippen molar-refractivity contribution < 1.29 is 25.0 Å².